The van der Waals surface area contributed by atoms with Crippen molar-refractivity contribution >= 4 is 33.2 Å². The van der Waals surface area contributed by atoms with Crippen molar-refractivity contribution in [3.63, 3.8) is 0 Å². The monoisotopic (exact) mass is 330 g/mol. The molecule has 100 valence electrons. The summed E-state index contributed by atoms with van der Waals surface area (Å²) in [5.74, 6) is 0.947. The second kappa shape index (κ2) is 6.76. The lowest BCUT2D eigenvalue weighted by molar-refractivity contribution is 0.319. The zero-order valence-corrected chi connectivity index (χ0v) is 13.1. The van der Waals surface area contributed by atoms with Crippen molar-refractivity contribution in [2.24, 2.45) is 5.92 Å². The van der Waals surface area contributed by atoms with Gasteiger partial charge in [-0.15, -0.1) is 0 Å². The van der Waals surface area contributed by atoms with E-state index in [0.29, 0.717) is 11.2 Å². The van der Waals surface area contributed by atoms with Gasteiger partial charge >= 0.3 is 0 Å². The van der Waals surface area contributed by atoms with Gasteiger partial charge in [-0.25, -0.2) is 4.98 Å². The molecule has 1 aliphatic rings. The van der Waals surface area contributed by atoms with Crippen molar-refractivity contribution in [2.45, 2.75) is 51.5 Å². The smallest absolute Gasteiger partial charge is 0.143 e. The lowest BCUT2D eigenvalue weighted by Crippen LogP contribution is -2.26. The Kier molecular flexibility index (Phi) is 5.31. The highest BCUT2D eigenvalue weighted by Gasteiger charge is 2.20. The normalized spacial score (nSPS) is 23.9. The molecule has 0 saturated heterocycles. The Bertz CT molecular complexity index is 389. The van der Waals surface area contributed by atoms with Crippen LogP contribution in [0.5, 0.6) is 0 Å². The molecule has 0 aromatic carbocycles. The summed E-state index contributed by atoms with van der Waals surface area (Å²) in [7, 11) is 0. The maximum absolute atomic E-state index is 5.89. The second-order valence-corrected chi connectivity index (χ2v) is 6.36. The number of aromatic nitrogens is 1. The fraction of sp³-hybridized carbons (Fsp3) is 0.643. The fourth-order valence-electron chi connectivity index (χ4n) is 2.74. The first kappa shape index (κ1) is 14.1. The van der Waals surface area contributed by atoms with Gasteiger partial charge in [0.05, 0.1) is 16.4 Å². The molecule has 4 heteroatoms. The van der Waals surface area contributed by atoms with Gasteiger partial charge in [0.25, 0.3) is 0 Å². The van der Waals surface area contributed by atoms with Crippen LogP contribution in [0.3, 0.4) is 0 Å². The molecule has 1 heterocycles. The van der Waals surface area contributed by atoms with Gasteiger partial charge in [-0.2, -0.15) is 0 Å². The fourth-order valence-corrected chi connectivity index (χ4v) is 3.19. The number of nitrogens with one attached hydrogen (secondary N) is 1. The Labute approximate surface area is 123 Å². The summed E-state index contributed by atoms with van der Waals surface area (Å²) in [5.41, 5.74) is 1.06. The third kappa shape index (κ3) is 3.86. The van der Waals surface area contributed by atoms with E-state index in [2.05, 4.69) is 33.2 Å². The molecule has 1 fully saturated rings. The van der Waals surface area contributed by atoms with Gasteiger partial charge in [-0.05, 0) is 53.6 Å². The standard InChI is InChI=1S/C14H20BrClN2/c1-2-3-10-4-6-11(7-5-10)18-12-8-13(15)14(16)17-9-12/h8-11,18H,2-7H2,1H3. The first-order valence-electron chi connectivity index (χ1n) is 6.76. The molecule has 1 aliphatic carbocycles. The molecule has 0 spiro atoms. The van der Waals surface area contributed by atoms with E-state index in [-0.39, 0.29) is 0 Å². The van der Waals surface area contributed by atoms with Crippen LogP contribution in [0.25, 0.3) is 0 Å². The van der Waals surface area contributed by atoms with Crippen LogP contribution in [-0.4, -0.2) is 11.0 Å². The van der Waals surface area contributed by atoms with Crippen LogP contribution < -0.4 is 5.32 Å². The van der Waals surface area contributed by atoms with Crippen molar-refractivity contribution in [3.05, 3.63) is 21.9 Å². The zero-order chi connectivity index (χ0) is 13.0. The lowest BCUT2D eigenvalue weighted by Gasteiger charge is -2.29. The van der Waals surface area contributed by atoms with E-state index >= 15 is 0 Å². The summed E-state index contributed by atoms with van der Waals surface area (Å²) in [5, 5.41) is 4.08. The van der Waals surface area contributed by atoms with Crippen LogP contribution in [0.4, 0.5) is 5.69 Å². The number of anilines is 1. The highest BCUT2D eigenvalue weighted by atomic mass is 79.9. The van der Waals surface area contributed by atoms with Crippen LogP contribution >= 0.6 is 27.5 Å². The predicted octanol–water partition coefficient (Wildman–Crippen LogP) is 5.27. The summed E-state index contributed by atoms with van der Waals surface area (Å²) in [6.07, 6.45) is 9.76. The van der Waals surface area contributed by atoms with E-state index in [1.165, 1.54) is 38.5 Å². The molecule has 18 heavy (non-hydrogen) atoms. The van der Waals surface area contributed by atoms with Crippen molar-refractivity contribution in [2.75, 3.05) is 5.32 Å². The minimum atomic E-state index is 0.521. The third-order valence-corrected chi connectivity index (χ3v) is 4.84. The van der Waals surface area contributed by atoms with Crippen LogP contribution in [0.2, 0.25) is 5.15 Å². The average molecular weight is 332 g/mol. The van der Waals surface area contributed by atoms with Gasteiger partial charge < -0.3 is 5.32 Å². The van der Waals surface area contributed by atoms with Gasteiger partial charge in [0.2, 0.25) is 0 Å². The molecular weight excluding hydrogens is 312 g/mol. The summed E-state index contributed by atoms with van der Waals surface area (Å²) in [6, 6.07) is 2.60. The number of pyridine rings is 1. The number of halogens is 2. The molecular formula is C14H20BrClN2. The van der Waals surface area contributed by atoms with Crippen molar-refractivity contribution in [1.29, 1.82) is 0 Å². The van der Waals surface area contributed by atoms with E-state index in [9.17, 15) is 0 Å². The second-order valence-electron chi connectivity index (χ2n) is 5.15. The highest BCUT2D eigenvalue weighted by Crippen LogP contribution is 2.30. The number of hydrogen-bond acceptors (Lipinski definition) is 2. The van der Waals surface area contributed by atoms with Crippen molar-refractivity contribution in [3.8, 4) is 0 Å². The molecule has 1 N–H and O–H groups in total. The average Bonchev–Trinajstić information content (AvgIpc) is 2.37. The number of rotatable bonds is 4. The molecule has 2 nitrogen and oxygen atoms in total. The van der Waals surface area contributed by atoms with E-state index < -0.39 is 0 Å². The maximum Gasteiger partial charge on any atom is 0.143 e. The van der Waals surface area contributed by atoms with E-state index in [1.54, 1.807) is 0 Å². The quantitative estimate of drug-likeness (QED) is 0.760. The van der Waals surface area contributed by atoms with Crippen LogP contribution in [0.1, 0.15) is 45.4 Å². The van der Waals surface area contributed by atoms with E-state index in [1.807, 2.05) is 12.3 Å². The summed E-state index contributed by atoms with van der Waals surface area (Å²) >= 11 is 9.30. The Morgan fingerprint density at radius 1 is 1.39 bits per heavy atom. The van der Waals surface area contributed by atoms with E-state index in [4.69, 9.17) is 11.6 Å². The molecule has 1 aromatic heterocycles. The predicted molar refractivity (Wildman–Crippen MR) is 81.2 cm³/mol. The summed E-state index contributed by atoms with van der Waals surface area (Å²) in [6.45, 7) is 2.28. The van der Waals surface area contributed by atoms with Gasteiger partial charge in [0.15, 0.2) is 0 Å². The molecule has 0 unspecified atom stereocenters. The summed E-state index contributed by atoms with van der Waals surface area (Å²) in [4.78, 5) is 4.14. The molecule has 0 atom stereocenters. The van der Waals surface area contributed by atoms with Crippen molar-refractivity contribution in [1.82, 2.24) is 4.98 Å². The molecule has 0 amide bonds. The highest BCUT2D eigenvalue weighted by molar-refractivity contribution is 9.10. The van der Waals surface area contributed by atoms with Crippen LogP contribution in [-0.2, 0) is 0 Å². The SMILES string of the molecule is CCCC1CCC(Nc2cnc(Cl)c(Br)c2)CC1. The summed E-state index contributed by atoms with van der Waals surface area (Å²) < 4.78 is 0.855. The first-order valence-corrected chi connectivity index (χ1v) is 7.93. The van der Waals surface area contributed by atoms with Gasteiger partial charge in [-0.3, -0.25) is 0 Å². The molecule has 0 bridgehead atoms. The topological polar surface area (TPSA) is 24.9 Å². The van der Waals surface area contributed by atoms with Gasteiger partial charge in [0, 0.05) is 6.04 Å². The molecule has 2 rings (SSSR count). The van der Waals surface area contributed by atoms with Gasteiger partial charge in [-0.1, -0.05) is 31.4 Å². The van der Waals surface area contributed by atoms with Crippen molar-refractivity contribution < 1.29 is 0 Å². The number of hydrogen-bond donors (Lipinski definition) is 1. The largest absolute Gasteiger partial charge is 0.381 e. The zero-order valence-electron chi connectivity index (χ0n) is 10.8. The van der Waals surface area contributed by atoms with Gasteiger partial charge in [0.1, 0.15) is 5.15 Å². The van der Waals surface area contributed by atoms with Crippen LogP contribution in [0.15, 0.2) is 16.7 Å². The molecule has 1 saturated carbocycles. The maximum atomic E-state index is 5.89. The minimum absolute atomic E-state index is 0.521. The number of nitrogens with zero attached hydrogens (tertiary/aromatic N) is 1. The Hall–Kier alpha value is -0.280. The Morgan fingerprint density at radius 3 is 2.72 bits per heavy atom. The molecule has 1 aromatic rings. The first-order chi connectivity index (χ1) is 8.69. The minimum Gasteiger partial charge on any atom is -0.381 e. The Balaban J connectivity index is 1.85. The molecule has 0 radical (unpaired) electrons. The Morgan fingerprint density at radius 2 is 2.11 bits per heavy atom. The van der Waals surface area contributed by atoms with E-state index in [0.717, 1.165) is 16.1 Å². The third-order valence-electron chi connectivity index (χ3n) is 3.71. The lowest BCUT2D eigenvalue weighted by atomic mass is 9.83. The molecule has 0 aliphatic heterocycles. The van der Waals surface area contributed by atoms with Crippen LogP contribution in [0, 0.1) is 5.92 Å².